The van der Waals surface area contributed by atoms with E-state index in [1.165, 1.54) is 6.92 Å². The molecule has 0 atom stereocenters. The molecule has 1 rings (SSSR count). The van der Waals surface area contributed by atoms with Crippen LogP contribution in [-0.2, 0) is 6.18 Å². The first-order chi connectivity index (χ1) is 7.50. The van der Waals surface area contributed by atoms with Crippen molar-refractivity contribution in [1.29, 1.82) is 0 Å². The Morgan fingerprint density at radius 2 is 1.82 bits per heavy atom. The van der Waals surface area contributed by atoms with Gasteiger partial charge in [0.1, 0.15) is 4.88 Å². The number of nitrogens with one attached hydrogen (secondary N) is 1. The molecule has 0 aliphatic heterocycles. The molecule has 96 valence electrons. The second-order valence-corrected chi connectivity index (χ2v) is 5.82. The van der Waals surface area contributed by atoms with Crippen molar-refractivity contribution < 1.29 is 18.0 Å². The molecule has 0 bridgehead atoms. The van der Waals surface area contributed by atoms with Crippen LogP contribution in [0.15, 0.2) is 0 Å². The number of aryl methyl sites for hydroxylation is 1. The van der Waals surface area contributed by atoms with Crippen LogP contribution >= 0.6 is 11.3 Å². The number of rotatable bonds is 1. The van der Waals surface area contributed by atoms with Crippen molar-refractivity contribution in [2.45, 2.75) is 39.4 Å². The van der Waals surface area contributed by atoms with Crippen molar-refractivity contribution in [3.05, 3.63) is 15.6 Å². The lowest BCUT2D eigenvalue weighted by molar-refractivity contribution is -0.141. The van der Waals surface area contributed by atoms with Crippen molar-refractivity contribution in [2.75, 3.05) is 0 Å². The molecule has 0 aliphatic carbocycles. The number of halogens is 3. The van der Waals surface area contributed by atoms with Gasteiger partial charge in [0.25, 0.3) is 5.91 Å². The average molecular weight is 266 g/mol. The maximum atomic E-state index is 12.6. The lowest BCUT2D eigenvalue weighted by Gasteiger charge is -2.20. The first kappa shape index (κ1) is 14.0. The van der Waals surface area contributed by atoms with Gasteiger partial charge in [0.05, 0.1) is 5.01 Å². The highest BCUT2D eigenvalue weighted by Gasteiger charge is 2.39. The number of carbonyl (C=O) groups is 1. The van der Waals surface area contributed by atoms with E-state index in [-0.39, 0.29) is 9.88 Å². The predicted molar refractivity (Wildman–Crippen MR) is 59.1 cm³/mol. The first-order valence-corrected chi connectivity index (χ1v) is 5.69. The molecule has 0 saturated carbocycles. The van der Waals surface area contributed by atoms with Gasteiger partial charge in [-0.1, -0.05) is 0 Å². The SMILES string of the molecule is Cc1nc(C(F)(F)F)c(C(=O)NC(C)(C)C)s1. The van der Waals surface area contributed by atoms with E-state index in [9.17, 15) is 18.0 Å². The van der Waals surface area contributed by atoms with Crippen molar-refractivity contribution in [1.82, 2.24) is 10.3 Å². The maximum absolute atomic E-state index is 12.6. The van der Waals surface area contributed by atoms with E-state index in [1.807, 2.05) is 0 Å². The zero-order valence-corrected chi connectivity index (χ0v) is 10.7. The monoisotopic (exact) mass is 266 g/mol. The summed E-state index contributed by atoms with van der Waals surface area (Å²) in [6.45, 7) is 6.54. The minimum absolute atomic E-state index is 0.219. The number of alkyl halides is 3. The van der Waals surface area contributed by atoms with Crippen LogP contribution in [0.1, 0.15) is 41.1 Å². The Bertz CT molecular complexity index is 432. The van der Waals surface area contributed by atoms with Crippen LogP contribution in [0.3, 0.4) is 0 Å². The molecule has 0 aliphatic rings. The minimum Gasteiger partial charge on any atom is -0.347 e. The van der Waals surface area contributed by atoms with E-state index in [0.717, 1.165) is 11.3 Å². The Morgan fingerprint density at radius 1 is 1.29 bits per heavy atom. The largest absolute Gasteiger partial charge is 0.435 e. The van der Waals surface area contributed by atoms with E-state index >= 15 is 0 Å². The minimum atomic E-state index is -4.60. The molecule has 0 fully saturated rings. The van der Waals surface area contributed by atoms with Gasteiger partial charge >= 0.3 is 6.18 Å². The average Bonchev–Trinajstić information content (AvgIpc) is 2.43. The summed E-state index contributed by atoms with van der Waals surface area (Å²) in [4.78, 5) is 14.7. The molecule has 17 heavy (non-hydrogen) atoms. The third-order valence-electron chi connectivity index (χ3n) is 1.70. The van der Waals surface area contributed by atoms with E-state index in [2.05, 4.69) is 10.3 Å². The fourth-order valence-corrected chi connectivity index (χ4v) is 2.00. The van der Waals surface area contributed by atoms with Crippen molar-refractivity contribution in [2.24, 2.45) is 0 Å². The third-order valence-corrected chi connectivity index (χ3v) is 2.67. The Labute approximate surface area is 101 Å². The molecule has 1 aromatic heterocycles. The molecular formula is C10H13F3N2OS. The van der Waals surface area contributed by atoms with Gasteiger partial charge in [0.2, 0.25) is 0 Å². The smallest absolute Gasteiger partial charge is 0.347 e. The molecule has 1 amide bonds. The highest BCUT2D eigenvalue weighted by Crippen LogP contribution is 2.34. The standard InChI is InChI=1S/C10H13F3N2OS/c1-5-14-7(10(11,12)13)6(17-5)8(16)15-9(2,3)4/h1-4H3,(H,15,16). The molecule has 3 nitrogen and oxygen atoms in total. The highest BCUT2D eigenvalue weighted by atomic mass is 32.1. The Balaban J connectivity index is 3.10. The van der Waals surface area contributed by atoms with Crippen LogP contribution in [0.2, 0.25) is 0 Å². The molecule has 1 heterocycles. The summed E-state index contributed by atoms with van der Waals surface area (Å²) in [5.74, 6) is -0.740. The summed E-state index contributed by atoms with van der Waals surface area (Å²) in [6.07, 6.45) is -4.60. The van der Waals surface area contributed by atoms with E-state index in [0.29, 0.717) is 0 Å². The van der Waals surface area contributed by atoms with Gasteiger partial charge in [0, 0.05) is 5.54 Å². The molecule has 7 heteroatoms. The molecule has 1 N–H and O–H groups in total. The van der Waals surface area contributed by atoms with Gasteiger partial charge in [-0.2, -0.15) is 13.2 Å². The van der Waals surface area contributed by atoms with Crippen LogP contribution < -0.4 is 5.32 Å². The summed E-state index contributed by atoms with van der Waals surface area (Å²) >= 11 is 0.747. The zero-order chi connectivity index (χ0) is 13.4. The van der Waals surface area contributed by atoms with Crippen molar-refractivity contribution in [3.8, 4) is 0 Å². The number of amides is 1. The zero-order valence-electron chi connectivity index (χ0n) is 9.90. The van der Waals surface area contributed by atoms with Gasteiger partial charge in [-0.05, 0) is 27.7 Å². The van der Waals surface area contributed by atoms with Crippen molar-refractivity contribution >= 4 is 17.2 Å². The second kappa shape index (κ2) is 4.29. The number of nitrogens with zero attached hydrogens (tertiary/aromatic N) is 1. The summed E-state index contributed by atoms with van der Waals surface area (Å²) < 4.78 is 37.9. The number of hydrogen-bond donors (Lipinski definition) is 1. The van der Waals surface area contributed by atoms with Gasteiger partial charge in [-0.15, -0.1) is 11.3 Å². The van der Waals surface area contributed by atoms with E-state index < -0.39 is 23.3 Å². The number of thiazole rings is 1. The third kappa shape index (κ3) is 3.69. The lowest BCUT2D eigenvalue weighted by atomic mass is 10.1. The number of hydrogen-bond acceptors (Lipinski definition) is 3. The van der Waals surface area contributed by atoms with E-state index in [1.54, 1.807) is 20.8 Å². The Morgan fingerprint density at radius 3 is 2.24 bits per heavy atom. The molecule has 1 aromatic rings. The van der Waals surface area contributed by atoms with Crippen LogP contribution in [0.25, 0.3) is 0 Å². The lowest BCUT2D eigenvalue weighted by Crippen LogP contribution is -2.40. The Kier molecular flexibility index (Phi) is 3.52. The highest BCUT2D eigenvalue weighted by molar-refractivity contribution is 7.13. The molecular weight excluding hydrogens is 253 g/mol. The summed E-state index contributed by atoms with van der Waals surface area (Å²) in [6, 6.07) is 0. The van der Waals surface area contributed by atoms with Gasteiger partial charge in [0.15, 0.2) is 5.69 Å². The van der Waals surface area contributed by atoms with Crippen LogP contribution in [0, 0.1) is 6.92 Å². The fraction of sp³-hybridized carbons (Fsp3) is 0.600. The van der Waals surface area contributed by atoms with Crippen LogP contribution in [-0.4, -0.2) is 16.4 Å². The summed E-state index contributed by atoms with van der Waals surface area (Å²) in [5.41, 5.74) is -1.69. The number of carbonyl (C=O) groups excluding carboxylic acids is 1. The van der Waals surface area contributed by atoms with Crippen LogP contribution in [0.4, 0.5) is 13.2 Å². The Hall–Kier alpha value is -1.11. The van der Waals surface area contributed by atoms with Crippen LogP contribution in [0.5, 0.6) is 0 Å². The predicted octanol–water partition coefficient (Wildman–Crippen LogP) is 3.00. The maximum Gasteiger partial charge on any atom is 0.435 e. The fourth-order valence-electron chi connectivity index (χ4n) is 1.17. The molecule has 0 unspecified atom stereocenters. The quantitative estimate of drug-likeness (QED) is 0.849. The topological polar surface area (TPSA) is 42.0 Å². The van der Waals surface area contributed by atoms with E-state index in [4.69, 9.17) is 0 Å². The van der Waals surface area contributed by atoms with Gasteiger partial charge < -0.3 is 5.32 Å². The molecule has 0 saturated heterocycles. The first-order valence-electron chi connectivity index (χ1n) is 4.88. The van der Waals surface area contributed by atoms with Gasteiger partial charge in [-0.25, -0.2) is 4.98 Å². The molecule has 0 aromatic carbocycles. The summed E-state index contributed by atoms with van der Waals surface area (Å²) in [5, 5.41) is 2.71. The number of aromatic nitrogens is 1. The van der Waals surface area contributed by atoms with Crippen molar-refractivity contribution in [3.63, 3.8) is 0 Å². The van der Waals surface area contributed by atoms with Gasteiger partial charge in [-0.3, -0.25) is 4.79 Å². The molecule has 0 radical (unpaired) electrons. The second-order valence-electron chi connectivity index (χ2n) is 4.61. The molecule has 0 spiro atoms. The summed E-state index contributed by atoms with van der Waals surface area (Å²) in [7, 11) is 0. The normalized spacial score (nSPS) is 12.6.